The molecule has 0 spiro atoms. The van der Waals surface area contributed by atoms with E-state index in [2.05, 4.69) is 41.1 Å². The van der Waals surface area contributed by atoms with Crippen molar-refractivity contribution in [2.45, 2.75) is 50.2 Å². The first-order valence-corrected chi connectivity index (χ1v) is 10.9. The summed E-state index contributed by atoms with van der Waals surface area (Å²) in [6, 6.07) is 7.61. The van der Waals surface area contributed by atoms with E-state index >= 15 is 0 Å². The number of nitrogens with one attached hydrogen (secondary N) is 1. The molecule has 1 saturated carbocycles. The van der Waals surface area contributed by atoms with Crippen molar-refractivity contribution in [1.82, 2.24) is 13.9 Å². The maximum Gasteiger partial charge on any atom is 0.123 e. The van der Waals surface area contributed by atoms with Gasteiger partial charge in [0.15, 0.2) is 0 Å². The van der Waals surface area contributed by atoms with E-state index in [4.69, 9.17) is 4.74 Å². The topological polar surface area (TPSA) is 27.7 Å². The van der Waals surface area contributed by atoms with E-state index in [-0.39, 0.29) is 5.82 Å². The molecule has 1 aliphatic carbocycles. The molecule has 27 heavy (non-hydrogen) atoms. The van der Waals surface area contributed by atoms with E-state index in [1.165, 1.54) is 6.07 Å². The number of nitrogens with zero attached hydrogens (tertiary/aromatic N) is 2. The average molecular weight is 396 g/mol. The fourth-order valence-electron chi connectivity index (χ4n) is 4.29. The van der Waals surface area contributed by atoms with Crippen molar-refractivity contribution in [3.05, 3.63) is 35.6 Å². The number of likely N-dealkylation sites (tertiary alicyclic amines) is 1. The van der Waals surface area contributed by atoms with Crippen LogP contribution in [0, 0.1) is 11.7 Å². The first-order chi connectivity index (χ1) is 13.0. The zero-order valence-corrected chi connectivity index (χ0v) is 17.7. The first-order valence-electron chi connectivity index (χ1n) is 10.2. The molecule has 1 saturated heterocycles. The Kier molecular flexibility index (Phi) is 7.97. The van der Waals surface area contributed by atoms with E-state index in [1.807, 2.05) is 6.07 Å². The van der Waals surface area contributed by atoms with Gasteiger partial charge in [0.1, 0.15) is 5.82 Å². The summed E-state index contributed by atoms with van der Waals surface area (Å²) in [5, 5.41) is 0. The molecule has 1 heterocycles. The highest BCUT2D eigenvalue weighted by Gasteiger charge is 2.30. The molecule has 0 aromatic heterocycles. The summed E-state index contributed by atoms with van der Waals surface area (Å²) in [6.45, 7) is 3.05. The highest BCUT2D eigenvalue weighted by atomic mass is 32.2. The van der Waals surface area contributed by atoms with Crippen LogP contribution in [-0.4, -0.2) is 62.2 Å². The van der Waals surface area contributed by atoms with Gasteiger partial charge in [-0.1, -0.05) is 12.1 Å². The van der Waals surface area contributed by atoms with Gasteiger partial charge in [0.2, 0.25) is 0 Å². The second-order valence-electron chi connectivity index (χ2n) is 8.30. The molecule has 1 aromatic carbocycles. The first kappa shape index (κ1) is 21.1. The largest absolute Gasteiger partial charge is 0.378 e. The number of rotatable bonds is 7. The lowest BCUT2D eigenvalue weighted by atomic mass is 9.82. The third-order valence-electron chi connectivity index (χ3n) is 5.86. The minimum Gasteiger partial charge on any atom is -0.378 e. The SMILES string of the molecule is CN1CCC(NSN(C)C)C(COC2CCC(c3cccc(F)c3)CC2)C1. The molecular formula is C21H34FN3OS. The van der Waals surface area contributed by atoms with Crippen LogP contribution in [0.25, 0.3) is 0 Å². The Hall–Kier alpha value is -0.660. The predicted molar refractivity (Wildman–Crippen MR) is 111 cm³/mol. The molecule has 2 atom stereocenters. The van der Waals surface area contributed by atoms with Crippen LogP contribution in [0.2, 0.25) is 0 Å². The lowest BCUT2D eigenvalue weighted by Crippen LogP contribution is -2.48. The third-order valence-corrected chi connectivity index (χ3v) is 6.64. The zero-order valence-electron chi connectivity index (χ0n) is 16.9. The predicted octanol–water partition coefficient (Wildman–Crippen LogP) is 3.90. The second-order valence-corrected chi connectivity index (χ2v) is 9.45. The van der Waals surface area contributed by atoms with Crippen molar-refractivity contribution in [3.63, 3.8) is 0 Å². The Labute approximate surface area is 168 Å². The molecule has 152 valence electrons. The Morgan fingerprint density at radius 2 is 2.00 bits per heavy atom. The summed E-state index contributed by atoms with van der Waals surface area (Å²) in [6.07, 6.45) is 5.86. The molecule has 2 unspecified atom stereocenters. The summed E-state index contributed by atoms with van der Waals surface area (Å²) in [4.78, 5) is 2.41. The third kappa shape index (κ3) is 6.43. The Morgan fingerprint density at radius 1 is 1.22 bits per heavy atom. The van der Waals surface area contributed by atoms with Gasteiger partial charge in [0.05, 0.1) is 12.7 Å². The van der Waals surface area contributed by atoms with Gasteiger partial charge in [-0.3, -0.25) is 0 Å². The van der Waals surface area contributed by atoms with E-state index in [0.29, 0.717) is 24.0 Å². The van der Waals surface area contributed by atoms with E-state index < -0.39 is 0 Å². The van der Waals surface area contributed by atoms with Crippen molar-refractivity contribution < 1.29 is 9.13 Å². The number of piperidine rings is 1. The van der Waals surface area contributed by atoms with Crippen molar-refractivity contribution in [2.75, 3.05) is 40.8 Å². The summed E-state index contributed by atoms with van der Waals surface area (Å²) in [5.41, 5.74) is 1.15. The van der Waals surface area contributed by atoms with Crippen molar-refractivity contribution >= 4 is 12.1 Å². The number of hydrogen-bond donors (Lipinski definition) is 1. The molecule has 6 heteroatoms. The lowest BCUT2D eigenvalue weighted by molar-refractivity contribution is -0.0141. The minimum atomic E-state index is -0.124. The van der Waals surface area contributed by atoms with Crippen molar-refractivity contribution in [2.24, 2.45) is 5.92 Å². The molecule has 2 aliphatic rings. The van der Waals surface area contributed by atoms with Gasteiger partial charge >= 0.3 is 0 Å². The lowest BCUT2D eigenvalue weighted by Gasteiger charge is -2.38. The standard InChI is InChI=1S/C21H34FN3OS/c1-24(2)27-23-21-11-12-25(3)14-18(21)15-26-20-9-7-16(8-10-20)17-5-4-6-19(22)13-17/h4-6,13,16,18,20-21,23H,7-12,14-15H2,1-3H3. The Balaban J connectivity index is 1.45. The number of hydrogen-bond acceptors (Lipinski definition) is 5. The molecule has 0 bridgehead atoms. The molecule has 0 radical (unpaired) electrons. The zero-order chi connectivity index (χ0) is 19.2. The smallest absolute Gasteiger partial charge is 0.123 e. The summed E-state index contributed by atoms with van der Waals surface area (Å²) in [5.74, 6) is 0.880. The van der Waals surface area contributed by atoms with Crippen molar-refractivity contribution in [3.8, 4) is 0 Å². The van der Waals surface area contributed by atoms with Crippen LogP contribution in [-0.2, 0) is 4.74 Å². The number of benzene rings is 1. The van der Waals surface area contributed by atoms with Gasteiger partial charge in [-0.15, -0.1) is 0 Å². The molecule has 0 amide bonds. The maximum absolute atomic E-state index is 13.5. The molecule has 4 nitrogen and oxygen atoms in total. The van der Waals surface area contributed by atoms with Crippen LogP contribution in [0.5, 0.6) is 0 Å². The normalized spacial score (nSPS) is 30.0. The highest BCUT2D eigenvalue weighted by Crippen LogP contribution is 2.34. The molecule has 1 N–H and O–H groups in total. The maximum atomic E-state index is 13.5. The van der Waals surface area contributed by atoms with Crippen LogP contribution >= 0.6 is 12.1 Å². The fraction of sp³-hybridized carbons (Fsp3) is 0.714. The molecule has 1 aromatic rings. The average Bonchev–Trinajstić information content (AvgIpc) is 2.66. The molecule has 1 aliphatic heterocycles. The van der Waals surface area contributed by atoms with Gasteiger partial charge in [0, 0.05) is 30.6 Å². The van der Waals surface area contributed by atoms with E-state index in [0.717, 1.165) is 57.4 Å². The van der Waals surface area contributed by atoms with Crippen LogP contribution in [0.4, 0.5) is 4.39 Å². The van der Waals surface area contributed by atoms with Crippen LogP contribution in [0.1, 0.15) is 43.6 Å². The van der Waals surface area contributed by atoms with Crippen molar-refractivity contribution in [1.29, 1.82) is 0 Å². The van der Waals surface area contributed by atoms with Gasteiger partial charge in [-0.2, -0.15) is 0 Å². The van der Waals surface area contributed by atoms with Crippen LogP contribution in [0.15, 0.2) is 24.3 Å². The van der Waals surface area contributed by atoms with Gasteiger partial charge < -0.3 is 9.64 Å². The molecule has 2 fully saturated rings. The summed E-state index contributed by atoms with van der Waals surface area (Å²) < 4.78 is 25.5. The Morgan fingerprint density at radius 3 is 2.70 bits per heavy atom. The molecule has 3 rings (SSSR count). The summed E-state index contributed by atoms with van der Waals surface area (Å²) >= 11 is 1.68. The van der Waals surface area contributed by atoms with Gasteiger partial charge in [0.25, 0.3) is 0 Å². The molecular weight excluding hydrogens is 361 g/mol. The van der Waals surface area contributed by atoms with Gasteiger partial charge in [-0.05, 0) is 83.4 Å². The highest BCUT2D eigenvalue weighted by molar-refractivity contribution is 7.95. The second kappa shape index (κ2) is 10.2. The number of ether oxygens (including phenoxy) is 1. The quantitative estimate of drug-likeness (QED) is 0.707. The number of halogens is 1. The van der Waals surface area contributed by atoms with E-state index in [9.17, 15) is 4.39 Å². The minimum absolute atomic E-state index is 0.124. The monoisotopic (exact) mass is 395 g/mol. The van der Waals surface area contributed by atoms with E-state index in [1.54, 1.807) is 18.2 Å². The van der Waals surface area contributed by atoms with Gasteiger partial charge in [-0.25, -0.2) is 13.4 Å². The van der Waals surface area contributed by atoms with Crippen LogP contribution in [0.3, 0.4) is 0 Å². The Bertz CT molecular complexity index is 580. The fourth-order valence-corrected chi connectivity index (χ4v) is 4.95. The summed E-state index contributed by atoms with van der Waals surface area (Å²) in [7, 11) is 6.33. The van der Waals surface area contributed by atoms with Crippen LogP contribution < -0.4 is 4.72 Å².